The number of anilines is 2. The van der Waals surface area contributed by atoms with Crippen LogP contribution in [0.3, 0.4) is 0 Å². The standard InChI is InChI=1S/C26H29F6N5.CH4/c1-37(2)23-20-5-3-4-6-22(20)35-24(36-23)34-19-11-7-16(8-12-19)14-33-15-17-9-10-18(25(27,28)29)13-21(17)26(30,31)32;/h3-6,9-10,13,16,19,33H,7-8,11-12,14-15H2,1-2H3,(H,34,35,36);1H4. The molecule has 38 heavy (non-hydrogen) atoms. The first-order chi connectivity index (χ1) is 17.4. The van der Waals surface area contributed by atoms with Crippen molar-refractivity contribution in [3.8, 4) is 0 Å². The maximum absolute atomic E-state index is 13.4. The van der Waals surface area contributed by atoms with Crippen LogP contribution in [0.2, 0.25) is 0 Å². The Morgan fingerprint density at radius 2 is 1.58 bits per heavy atom. The fraction of sp³-hybridized carbons (Fsp3) is 0.481. The number of hydrogen-bond donors (Lipinski definition) is 2. The van der Waals surface area contributed by atoms with Crippen LogP contribution >= 0.6 is 0 Å². The third kappa shape index (κ3) is 7.06. The zero-order chi connectivity index (χ0) is 26.8. The van der Waals surface area contributed by atoms with Gasteiger partial charge in [-0.1, -0.05) is 25.6 Å². The lowest BCUT2D eigenvalue weighted by Crippen LogP contribution is -2.32. The van der Waals surface area contributed by atoms with Gasteiger partial charge in [0, 0.05) is 32.1 Å². The molecule has 0 aliphatic heterocycles. The normalized spacial score (nSPS) is 18.2. The Labute approximate surface area is 218 Å². The van der Waals surface area contributed by atoms with E-state index in [9.17, 15) is 26.3 Å². The molecule has 0 atom stereocenters. The van der Waals surface area contributed by atoms with Gasteiger partial charge in [-0.3, -0.25) is 0 Å². The third-order valence-electron chi connectivity index (χ3n) is 6.68. The first-order valence-corrected chi connectivity index (χ1v) is 12.1. The van der Waals surface area contributed by atoms with Crippen molar-refractivity contribution in [1.82, 2.24) is 15.3 Å². The van der Waals surface area contributed by atoms with E-state index in [4.69, 9.17) is 0 Å². The first kappa shape index (κ1) is 29.5. The Balaban J connectivity index is 0.00000400. The zero-order valence-corrected chi connectivity index (χ0v) is 20.5. The van der Waals surface area contributed by atoms with E-state index < -0.39 is 23.5 Å². The lowest BCUT2D eigenvalue weighted by atomic mass is 9.86. The van der Waals surface area contributed by atoms with Crippen LogP contribution in [0.4, 0.5) is 38.1 Å². The van der Waals surface area contributed by atoms with Gasteiger partial charge < -0.3 is 15.5 Å². The molecule has 1 aliphatic carbocycles. The van der Waals surface area contributed by atoms with Crippen LogP contribution in [0, 0.1) is 5.92 Å². The van der Waals surface area contributed by atoms with Crippen molar-refractivity contribution in [3.63, 3.8) is 0 Å². The SMILES string of the molecule is C.CN(C)c1nc(NC2CCC(CNCc3ccc(C(F)(F)F)cc3C(F)(F)F)CC2)nc2ccccc12. The molecule has 0 amide bonds. The zero-order valence-electron chi connectivity index (χ0n) is 20.5. The van der Waals surface area contributed by atoms with Gasteiger partial charge in [0.2, 0.25) is 5.95 Å². The molecular weight excluding hydrogens is 508 g/mol. The van der Waals surface area contributed by atoms with Crippen LogP contribution in [0.15, 0.2) is 42.5 Å². The van der Waals surface area contributed by atoms with E-state index >= 15 is 0 Å². The van der Waals surface area contributed by atoms with E-state index in [2.05, 4.69) is 20.6 Å². The molecule has 1 saturated carbocycles. The van der Waals surface area contributed by atoms with E-state index in [1.54, 1.807) is 0 Å². The topological polar surface area (TPSA) is 53.1 Å². The molecule has 3 aromatic rings. The number of nitrogens with zero attached hydrogens (tertiary/aromatic N) is 3. The highest BCUT2D eigenvalue weighted by Crippen LogP contribution is 2.37. The Hall–Kier alpha value is -3.08. The fourth-order valence-corrected chi connectivity index (χ4v) is 4.74. The Kier molecular flexibility index (Phi) is 9.12. The van der Waals surface area contributed by atoms with Gasteiger partial charge in [-0.15, -0.1) is 0 Å². The summed E-state index contributed by atoms with van der Waals surface area (Å²) in [5, 5.41) is 7.41. The molecule has 1 aliphatic rings. The second kappa shape index (κ2) is 11.8. The van der Waals surface area contributed by atoms with Gasteiger partial charge in [0.05, 0.1) is 16.6 Å². The number of halogens is 6. The summed E-state index contributed by atoms with van der Waals surface area (Å²) in [4.78, 5) is 11.3. The second-order valence-electron chi connectivity index (χ2n) is 9.64. The first-order valence-electron chi connectivity index (χ1n) is 12.1. The summed E-state index contributed by atoms with van der Waals surface area (Å²) in [5.41, 5.74) is -1.90. The average molecular weight is 542 g/mol. The van der Waals surface area contributed by atoms with Gasteiger partial charge >= 0.3 is 12.4 Å². The number of fused-ring (bicyclic) bond motifs is 1. The van der Waals surface area contributed by atoms with Crippen LogP contribution in [0.5, 0.6) is 0 Å². The highest BCUT2D eigenvalue weighted by Gasteiger charge is 2.38. The molecule has 2 N–H and O–H groups in total. The van der Waals surface area contributed by atoms with Gasteiger partial charge in [-0.2, -0.15) is 31.3 Å². The number of para-hydroxylation sites is 1. The minimum Gasteiger partial charge on any atom is -0.362 e. The summed E-state index contributed by atoms with van der Waals surface area (Å²) in [5.74, 6) is 1.65. The fourth-order valence-electron chi connectivity index (χ4n) is 4.74. The third-order valence-corrected chi connectivity index (χ3v) is 6.68. The highest BCUT2D eigenvalue weighted by atomic mass is 19.4. The van der Waals surface area contributed by atoms with Crippen molar-refractivity contribution < 1.29 is 26.3 Å². The van der Waals surface area contributed by atoms with E-state index in [-0.39, 0.29) is 37.6 Å². The quantitative estimate of drug-likeness (QED) is 0.312. The van der Waals surface area contributed by atoms with Crippen molar-refractivity contribution in [3.05, 3.63) is 59.2 Å². The molecule has 1 heterocycles. The Morgan fingerprint density at radius 3 is 2.21 bits per heavy atom. The highest BCUT2D eigenvalue weighted by molar-refractivity contribution is 5.90. The minimum absolute atomic E-state index is 0. The number of nitrogens with one attached hydrogen (secondary N) is 2. The average Bonchev–Trinajstić information content (AvgIpc) is 2.83. The number of rotatable bonds is 7. The number of aromatic nitrogens is 2. The number of hydrogen-bond acceptors (Lipinski definition) is 5. The van der Waals surface area contributed by atoms with Crippen LogP contribution in [-0.4, -0.2) is 36.6 Å². The molecule has 0 saturated heterocycles. The summed E-state index contributed by atoms with van der Waals surface area (Å²) >= 11 is 0. The van der Waals surface area contributed by atoms with Gasteiger partial charge in [0.25, 0.3) is 0 Å². The number of alkyl halides is 6. The van der Waals surface area contributed by atoms with Crippen LogP contribution < -0.4 is 15.5 Å². The minimum atomic E-state index is -4.86. The monoisotopic (exact) mass is 541 g/mol. The Morgan fingerprint density at radius 1 is 0.895 bits per heavy atom. The predicted molar refractivity (Wildman–Crippen MR) is 138 cm³/mol. The van der Waals surface area contributed by atoms with Crippen molar-refractivity contribution in [1.29, 1.82) is 0 Å². The van der Waals surface area contributed by atoms with Gasteiger partial charge in [0.15, 0.2) is 0 Å². The largest absolute Gasteiger partial charge is 0.416 e. The molecule has 208 valence electrons. The second-order valence-corrected chi connectivity index (χ2v) is 9.64. The Bertz CT molecular complexity index is 1220. The smallest absolute Gasteiger partial charge is 0.362 e. The van der Waals surface area contributed by atoms with Crippen LogP contribution in [-0.2, 0) is 18.9 Å². The van der Waals surface area contributed by atoms with Gasteiger partial charge in [-0.25, -0.2) is 4.98 Å². The van der Waals surface area contributed by atoms with Crippen LogP contribution in [0.25, 0.3) is 10.9 Å². The number of benzene rings is 2. The van der Waals surface area contributed by atoms with Crippen molar-refractivity contribution in [2.75, 3.05) is 30.9 Å². The molecule has 11 heteroatoms. The molecule has 0 bridgehead atoms. The summed E-state index contributed by atoms with van der Waals surface area (Å²) in [6.07, 6.45) is -6.26. The molecule has 0 spiro atoms. The molecule has 2 aromatic carbocycles. The maximum atomic E-state index is 13.4. The molecule has 4 rings (SSSR count). The molecule has 1 fully saturated rings. The maximum Gasteiger partial charge on any atom is 0.416 e. The summed E-state index contributed by atoms with van der Waals surface area (Å²) in [7, 11) is 3.86. The predicted octanol–water partition coefficient (Wildman–Crippen LogP) is 7.13. The van der Waals surface area contributed by atoms with E-state index in [1.165, 1.54) is 0 Å². The van der Waals surface area contributed by atoms with E-state index in [1.807, 2.05) is 43.3 Å². The van der Waals surface area contributed by atoms with Crippen molar-refractivity contribution in [2.24, 2.45) is 5.92 Å². The van der Waals surface area contributed by atoms with E-state index in [0.29, 0.717) is 18.6 Å². The lowest BCUT2D eigenvalue weighted by Gasteiger charge is -2.29. The van der Waals surface area contributed by atoms with Gasteiger partial charge in [0.1, 0.15) is 5.82 Å². The summed E-state index contributed by atoms with van der Waals surface area (Å²) < 4.78 is 78.7. The molecule has 5 nitrogen and oxygen atoms in total. The van der Waals surface area contributed by atoms with Gasteiger partial charge in [-0.05, 0) is 68.0 Å². The summed E-state index contributed by atoms with van der Waals surface area (Å²) in [6.45, 7) is 0.339. The molecule has 0 radical (unpaired) electrons. The molecule has 0 unspecified atom stereocenters. The summed E-state index contributed by atoms with van der Waals surface area (Å²) in [6, 6.07) is 9.77. The van der Waals surface area contributed by atoms with Crippen LogP contribution in [0.1, 0.15) is 49.8 Å². The van der Waals surface area contributed by atoms with Crippen molar-refractivity contribution >= 4 is 22.7 Å². The van der Waals surface area contributed by atoms with Crippen molar-refractivity contribution in [2.45, 2.75) is 58.0 Å². The molecular formula is C27H33F6N5. The molecule has 1 aromatic heterocycles. The lowest BCUT2D eigenvalue weighted by molar-refractivity contribution is -0.143. The van der Waals surface area contributed by atoms with E-state index in [0.717, 1.165) is 48.5 Å².